The fourth-order valence-electron chi connectivity index (χ4n) is 4.10. The summed E-state index contributed by atoms with van der Waals surface area (Å²) in [6, 6.07) is 3.44. The number of halogens is 3. The first-order valence-corrected chi connectivity index (χ1v) is 10.6. The quantitative estimate of drug-likeness (QED) is 0.687. The zero-order valence-corrected chi connectivity index (χ0v) is 18.6. The van der Waals surface area contributed by atoms with Gasteiger partial charge in [0.15, 0.2) is 0 Å². The molecule has 1 aromatic carbocycles. The zero-order chi connectivity index (χ0) is 22.8. The summed E-state index contributed by atoms with van der Waals surface area (Å²) in [5.74, 6) is 0.136. The Labute approximate surface area is 180 Å². The average Bonchev–Trinajstić information content (AvgIpc) is 3.08. The van der Waals surface area contributed by atoms with Crippen molar-refractivity contribution in [3.63, 3.8) is 0 Å². The maximum Gasteiger partial charge on any atom is 0.522 e. The zero-order valence-electron chi connectivity index (χ0n) is 18.6. The van der Waals surface area contributed by atoms with Gasteiger partial charge in [-0.3, -0.25) is 19.1 Å². The van der Waals surface area contributed by atoms with Crippen molar-refractivity contribution in [1.82, 2.24) is 20.0 Å². The molecule has 172 valence electrons. The maximum absolute atomic E-state index is 12.4. The van der Waals surface area contributed by atoms with Gasteiger partial charge in [-0.1, -0.05) is 0 Å². The van der Waals surface area contributed by atoms with E-state index in [9.17, 15) is 18.0 Å². The molecule has 0 radical (unpaired) electrons. The topological polar surface area (TPSA) is 59.4 Å². The van der Waals surface area contributed by atoms with E-state index in [-0.39, 0.29) is 12.1 Å². The average molecular weight is 441 g/mol. The summed E-state index contributed by atoms with van der Waals surface area (Å²) in [7, 11) is 0. The van der Waals surface area contributed by atoms with E-state index in [0.717, 1.165) is 48.9 Å². The number of hydrogen-bond acceptors (Lipinski definition) is 4. The minimum absolute atomic E-state index is 0.193. The van der Waals surface area contributed by atoms with E-state index in [0.29, 0.717) is 11.5 Å². The van der Waals surface area contributed by atoms with E-state index in [1.54, 1.807) is 12.1 Å². The molecule has 1 N–H and O–H groups in total. The van der Waals surface area contributed by atoms with E-state index in [1.807, 2.05) is 17.8 Å². The molecule has 0 aliphatic carbocycles. The van der Waals surface area contributed by atoms with Crippen molar-refractivity contribution in [2.45, 2.75) is 59.0 Å². The van der Waals surface area contributed by atoms with Crippen LogP contribution in [0.3, 0.4) is 0 Å². The molecule has 0 atom stereocenters. The molecule has 1 saturated heterocycles. The molecule has 1 fully saturated rings. The van der Waals surface area contributed by atoms with Gasteiger partial charge < -0.3 is 5.32 Å². The molecule has 1 aliphatic rings. The molecule has 2 heterocycles. The number of piperidine rings is 1. The van der Waals surface area contributed by atoms with Crippen LogP contribution >= 0.6 is 0 Å². The Hall–Kier alpha value is -2.13. The molecule has 31 heavy (non-hydrogen) atoms. The van der Waals surface area contributed by atoms with Crippen molar-refractivity contribution in [3.8, 4) is 0 Å². The number of likely N-dealkylation sites (tertiary alicyclic amines) is 1. The molecular formula is C22H31F3N4O2. The van der Waals surface area contributed by atoms with Crippen LogP contribution in [0.4, 0.5) is 13.2 Å². The first-order valence-electron chi connectivity index (χ1n) is 10.6. The first-order chi connectivity index (χ1) is 14.4. The third-order valence-electron chi connectivity index (χ3n) is 5.91. The number of alkyl halides is 3. The lowest BCUT2D eigenvalue weighted by atomic mass is 9.93. The Balaban J connectivity index is 1.61. The predicted molar refractivity (Wildman–Crippen MR) is 113 cm³/mol. The third-order valence-corrected chi connectivity index (χ3v) is 5.91. The van der Waals surface area contributed by atoms with Crippen LogP contribution in [0, 0.1) is 12.8 Å². The van der Waals surface area contributed by atoms with Crippen LogP contribution < -0.4 is 5.32 Å². The Kier molecular flexibility index (Phi) is 6.95. The summed E-state index contributed by atoms with van der Waals surface area (Å²) in [5.41, 5.74) is 2.19. The van der Waals surface area contributed by atoms with E-state index in [2.05, 4.69) is 40.8 Å². The molecule has 1 amide bonds. The molecule has 0 spiro atoms. The number of benzene rings is 1. The van der Waals surface area contributed by atoms with Gasteiger partial charge in [-0.25, -0.2) is 0 Å². The van der Waals surface area contributed by atoms with E-state index in [1.165, 1.54) is 0 Å². The van der Waals surface area contributed by atoms with Crippen molar-refractivity contribution < 1.29 is 22.7 Å². The highest BCUT2D eigenvalue weighted by atomic mass is 19.4. The molecule has 0 unspecified atom stereocenters. The highest BCUT2D eigenvalue weighted by molar-refractivity contribution is 6.00. The second-order valence-electron chi connectivity index (χ2n) is 9.17. The molecule has 1 aliphatic heterocycles. The second-order valence-corrected chi connectivity index (χ2v) is 9.17. The normalized spacial score (nSPS) is 16.7. The van der Waals surface area contributed by atoms with Gasteiger partial charge >= 0.3 is 6.36 Å². The number of ether oxygens (including phenoxy) is 1. The lowest BCUT2D eigenvalue weighted by Crippen LogP contribution is -2.46. The molecule has 3 rings (SSSR count). The second kappa shape index (κ2) is 9.16. The molecule has 1 aromatic heterocycles. The highest BCUT2D eigenvalue weighted by Crippen LogP contribution is 2.26. The summed E-state index contributed by atoms with van der Waals surface area (Å²) in [6.07, 6.45) is -0.484. The number of carbonyl (C=O) groups excluding carboxylic acids is 1. The Morgan fingerprint density at radius 3 is 2.52 bits per heavy atom. The standard InChI is InChI=1S/C22H31F3N4O2/c1-15-17(20(30)26-9-12-31-22(23,24)25)5-6-19-18(15)14-29(27-19)13-16-7-10-28(11-8-16)21(2,3)4/h5-6,14,16H,7-13H2,1-4H3,(H,26,30). The Morgan fingerprint density at radius 2 is 1.90 bits per heavy atom. The number of nitrogens with zero attached hydrogens (tertiary/aromatic N) is 3. The monoisotopic (exact) mass is 440 g/mol. The molecule has 2 aromatic rings. The van der Waals surface area contributed by atoms with Gasteiger partial charge in [-0.05, 0) is 77.2 Å². The third kappa shape index (κ3) is 6.20. The fourth-order valence-corrected chi connectivity index (χ4v) is 4.10. The minimum atomic E-state index is -4.70. The Morgan fingerprint density at radius 1 is 1.23 bits per heavy atom. The lowest BCUT2D eigenvalue weighted by molar-refractivity contribution is -0.323. The van der Waals surface area contributed by atoms with Crippen molar-refractivity contribution >= 4 is 16.8 Å². The van der Waals surface area contributed by atoms with Crippen LogP contribution in [0.15, 0.2) is 18.3 Å². The molecule has 6 nitrogen and oxygen atoms in total. The fraction of sp³-hybridized carbons (Fsp3) is 0.636. The number of nitrogens with one attached hydrogen (secondary N) is 1. The van der Waals surface area contributed by atoms with Crippen LogP contribution in [0.5, 0.6) is 0 Å². The molecule has 0 saturated carbocycles. The number of aryl methyl sites for hydroxylation is 1. The maximum atomic E-state index is 12.4. The number of aromatic nitrogens is 2. The van der Waals surface area contributed by atoms with Crippen LogP contribution in [-0.4, -0.2) is 58.7 Å². The molecule has 0 bridgehead atoms. The lowest BCUT2D eigenvalue weighted by Gasteiger charge is -2.40. The molecular weight excluding hydrogens is 409 g/mol. The molecule has 9 heteroatoms. The highest BCUT2D eigenvalue weighted by Gasteiger charge is 2.29. The summed E-state index contributed by atoms with van der Waals surface area (Å²) >= 11 is 0. The predicted octanol–water partition coefficient (Wildman–Crippen LogP) is 4.12. The van der Waals surface area contributed by atoms with Crippen LogP contribution in [0.1, 0.15) is 49.5 Å². The van der Waals surface area contributed by atoms with Crippen molar-refractivity contribution in [2.24, 2.45) is 5.92 Å². The van der Waals surface area contributed by atoms with Gasteiger partial charge in [0.1, 0.15) is 0 Å². The number of fused-ring (bicyclic) bond motifs is 1. The number of hydrogen-bond donors (Lipinski definition) is 1. The van der Waals surface area contributed by atoms with Crippen molar-refractivity contribution in [3.05, 3.63) is 29.5 Å². The van der Waals surface area contributed by atoms with Crippen LogP contribution in [0.2, 0.25) is 0 Å². The Bertz CT molecular complexity index is 910. The van der Waals surface area contributed by atoms with Crippen LogP contribution in [0.25, 0.3) is 10.9 Å². The van der Waals surface area contributed by atoms with E-state index < -0.39 is 18.9 Å². The van der Waals surface area contributed by atoms with Gasteiger partial charge in [0.2, 0.25) is 0 Å². The SMILES string of the molecule is Cc1c(C(=O)NCCOC(F)(F)F)ccc2nn(CC3CCN(C(C)(C)C)CC3)cc12. The van der Waals surface area contributed by atoms with E-state index in [4.69, 9.17) is 0 Å². The first kappa shape index (κ1) is 23.5. The summed E-state index contributed by atoms with van der Waals surface area (Å²) < 4.78 is 41.7. The number of rotatable bonds is 6. The van der Waals surface area contributed by atoms with Gasteiger partial charge in [0, 0.05) is 35.8 Å². The van der Waals surface area contributed by atoms with E-state index >= 15 is 0 Å². The van der Waals surface area contributed by atoms with Gasteiger partial charge in [0.25, 0.3) is 5.91 Å². The van der Waals surface area contributed by atoms with Crippen LogP contribution in [-0.2, 0) is 11.3 Å². The van der Waals surface area contributed by atoms with Gasteiger partial charge in [0.05, 0.1) is 12.1 Å². The van der Waals surface area contributed by atoms with Crippen molar-refractivity contribution in [1.29, 1.82) is 0 Å². The summed E-state index contributed by atoms with van der Waals surface area (Å²) in [5, 5.41) is 8.02. The van der Waals surface area contributed by atoms with Gasteiger partial charge in [-0.15, -0.1) is 13.2 Å². The number of carbonyl (C=O) groups is 1. The number of amides is 1. The van der Waals surface area contributed by atoms with Crippen molar-refractivity contribution in [2.75, 3.05) is 26.2 Å². The van der Waals surface area contributed by atoms with Gasteiger partial charge in [-0.2, -0.15) is 5.10 Å². The summed E-state index contributed by atoms with van der Waals surface area (Å²) in [4.78, 5) is 14.9. The summed E-state index contributed by atoms with van der Waals surface area (Å²) in [6.45, 7) is 10.7. The minimum Gasteiger partial charge on any atom is -0.350 e. The smallest absolute Gasteiger partial charge is 0.350 e. The largest absolute Gasteiger partial charge is 0.522 e.